The Hall–Kier alpha value is -1.08. The molecule has 15 heavy (non-hydrogen) atoms. The number of aromatic nitrogens is 1. The van der Waals surface area contributed by atoms with Gasteiger partial charge in [0.15, 0.2) is 0 Å². The zero-order valence-corrected chi connectivity index (χ0v) is 10.5. The van der Waals surface area contributed by atoms with E-state index in [4.69, 9.17) is 5.26 Å². The molecule has 0 aliphatic rings. The number of rotatable bonds is 4. The summed E-state index contributed by atoms with van der Waals surface area (Å²) in [6, 6.07) is 6.22. The minimum absolute atomic E-state index is 0.0210. The van der Waals surface area contributed by atoms with Crippen LogP contribution < -0.4 is 4.90 Å². The third-order valence-electron chi connectivity index (χ3n) is 2.12. The molecule has 4 heteroatoms. The molecule has 0 saturated carbocycles. The molecule has 0 bridgehead atoms. The van der Waals surface area contributed by atoms with Crippen LogP contribution >= 0.6 is 15.9 Å². The van der Waals surface area contributed by atoms with Crippen LogP contribution in [0.5, 0.6) is 0 Å². The van der Waals surface area contributed by atoms with E-state index in [9.17, 15) is 0 Å². The molecule has 0 N–H and O–H groups in total. The standard InChI is InChI=1S/C11H14BrN3/c1-9(6-13)8-15(2)11-4-3-10(5-12)7-14-11/h3-4,7,9H,5,8H2,1-2H3. The predicted octanol–water partition coefficient (Wildman–Crippen LogP) is 2.57. The maximum absolute atomic E-state index is 8.71. The first-order valence-electron chi connectivity index (χ1n) is 4.79. The number of hydrogen-bond donors (Lipinski definition) is 0. The van der Waals surface area contributed by atoms with Crippen molar-refractivity contribution in [1.82, 2.24) is 4.98 Å². The minimum atomic E-state index is 0.0210. The van der Waals surface area contributed by atoms with Gasteiger partial charge >= 0.3 is 0 Å². The van der Waals surface area contributed by atoms with E-state index in [1.807, 2.05) is 37.2 Å². The maximum Gasteiger partial charge on any atom is 0.128 e. The molecule has 0 aromatic carbocycles. The second kappa shape index (κ2) is 5.72. The Morgan fingerprint density at radius 1 is 1.60 bits per heavy atom. The monoisotopic (exact) mass is 267 g/mol. The Morgan fingerprint density at radius 2 is 2.33 bits per heavy atom. The summed E-state index contributed by atoms with van der Waals surface area (Å²) in [6.45, 7) is 2.61. The highest BCUT2D eigenvalue weighted by molar-refractivity contribution is 9.08. The summed E-state index contributed by atoms with van der Waals surface area (Å²) in [5.41, 5.74) is 1.15. The highest BCUT2D eigenvalue weighted by Gasteiger charge is 2.06. The number of pyridine rings is 1. The van der Waals surface area contributed by atoms with Crippen molar-refractivity contribution in [2.45, 2.75) is 12.3 Å². The fourth-order valence-corrected chi connectivity index (χ4v) is 1.60. The molecule has 0 amide bonds. The van der Waals surface area contributed by atoms with E-state index in [1.165, 1.54) is 0 Å². The van der Waals surface area contributed by atoms with Crippen molar-refractivity contribution in [2.75, 3.05) is 18.5 Å². The summed E-state index contributed by atoms with van der Waals surface area (Å²) >= 11 is 3.37. The van der Waals surface area contributed by atoms with Gasteiger partial charge in [-0.2, -0.15) is 5.26 Å². The Kier molecular flexibility index (Phi) is 4.57. The molecule has 0 spiro atoms. The molecule has 0 aliphatic carbocycles. The molecule has 1 atom stereocenters. The maximum atomic E-state index is 8.71. The first kappa shape index (κ1) is 12.0. The molecule has 0 fully saturated rings. The third-order valence-corrected chi connectivity index (χ3v) is 2.77. The number of halogens is 1. The van der Waals surface area contributed by atoms with Crippen molar-refractivity contribution in [3.8, 4) is 6.07 Å². The van der Waals surface area contributed by atoms with E-state index in [0.717, 1.165) is 16.7 Å². The molecule has 0 saturated heterocycles. The van der Waals surface area contributed by atoms with Gasteiger partial charge in [0, 0.05) is 25.1 Å². The van der Waals surface area contributed by atoms with Crippen molar-refractivity contribution in [1.29, 1.82) is 5.26 Å². The lowest BCUT2D eigenvalue weighted by molar-refractivity contribution is 0.710. The van der Waals surface area contributed by atoms with Crippen molar-refractivity contribution < 1.29 is 0 Å². The van der Waals surface area contributed by atoms with Gasteiger partial charge in [-0.3, -0.25) is 0 Å². The molecule has 1 aromatic heterocycles. The molecule has 1 heterocycles. The average Bonchev–Trinajstić information content (AvgIpc) is 2.29. The van der Waals surface area contributed by atoms with Crippen LogP contribution in [0.3, 0.4) is 0 Å². The van der Waals surface area contributed by atoms with Crippen LogP contribution in [0.25, 0.3) is 0 Å². The van der Waals surface area contributed by atoms with Crippen molar-refractivity contribution in [3.63, 3.8) is 0 Å². The second-order valence-electron chi connectivity index (χ2n) is 3.57. The van der Waals surface area contributed by atoms with E-state index in [2.05, 4.69) is 27.0 Å². The van der Waals surface area contributed by atoms with Crippen LogP contribution in [0.15, 0.2) is 18.3 Å². The van der Waals surface area contributed by atoms with Crippen LogP contribution in [0, 0.1) is 17.2 Å². The molecule has 1 aromatic rings. The molecule has 3 nitrogen and oxygen atoms in total. The minimum Gasteiger partial charge on any atom is -0.358 e. The molecule has 80 valence electrons. The van der Waals surface area contributed by atoms with Crippen LogP contribution in [0.2, 0.25) is 0 Å². The molecule has 1 rings (SSSR count). The van der Waals surface area contributed by atoms with E-state index in [-0.39, 0.29) is 5.92 Å². The zero-order chi connectivity index (χ0) is 11.3. The van der Waals surface area contributed by atoms with Crippen molar-refractivity contribution in [3.05, 3.63) is 23.9 Å². The summed E-state index contributed by atoms with van der Waals surface area (Å²) in [5, 5.41) is 9.53. The SMILES string of the molecule is CC(C#N)CN(C)c1ccc(CBr)cn1. The Bertz CT molecular complexity index is 342. The second-order valence-corrected chi connectivity index (χ2v) is 4.13. The van der Waals surface area contributed by atoms with E-state index < -0.39 is 0 Å². The number of alkyl halides is 1. The smallest absolute Gasteiger partial charge is 0.128 e. The summed E-state index contributed by atoms with van der Waals surface area (Å²) in [6.07, 6.45) is 1.84. The van der Waals surface area contributed by atoms with Crippen LogP contribution in [0.1, 0.15) is 12.5 Å². The van der Waals surface area contributed by atoms with E-state index in [1.54, 1.807) is 0 Å². The average molecular weight is 268 g/mol. The molecule has 0 aliphatic heterocycles. The fraction of sp³-hybridized carbons (Fsp3) is 0.455. The number of nitrogens with zero attached hydrogens (tertiary/aromatic N) is 3. The van der Waals surface area contributed by atoms with Crippen LogP contribution in [-0.2, 0) is 5.33 Å². The van der Waals surface area contributed by atoms with Gasteiger partial charge in [-0.15, -0.1) is 0 Å². The Labute approximate surface area is 98.9 Å². The summed E-state index contributed by atoms with van der Waals surface area (Å²) in [5.74, 6) is 0.925. The van der Waals surface area contributed by atoms with Crippen LogP contribution in [-0.4, -0.2) is 18.6 Å². The number of anilines is 1. The van der Waals surface area contributed by atoms with E-state index >= 15 is 0 Å². The first-order chi connectivity index (χ1) is 7.17. The van der Waals surface area contributed by atoms with Gasteiger partial charge < -0.3 is 4.90 Å². The fourth-order valence-electron chi connectivity index (χ4n) is 1.27. The quantitative estimate of drug-likeness (QED) is 0.788. The van der Waals surface area contributed by atoms with Crippen molar-refractivity contribution in [2.24, 2.45) is 5.92 Å². The molecule has 0 radical (unpaired) electrons. The number of nitriles is 1. The zero-order valence-electron chi connectivity index (χ0n) is 8.94. The van der Waals surface area contributed by atoms with Crippen molar-refractivity contribution >= 4 is 21.7 Å². The molecular formula is C11H14BrN3. The lowest BCUT2D eigenvalue weighted by Crippen LogP contribution is -2.23. The van der Waals surface area contributed by atoms with Gasteiger partial charge in [0.1, 0.15) is 5.82 Å². The topological polar surface area (TPSA) is 39.9 Å². The lowest BCUT2D eigenvalue weighted by Gasteiger charge is -2.19. The predicted molar refractivity (Wildman–Crippen MR) is 64.9 cm³/mol. The summed E-state index contributed by atoms with van der Waals surface area (Å²) in [4.78, 5) is 6.32. The lowest BCUT2D eigenvalue weighted by atomic mass is 10.2. The van der Waals surface area contributed by atoms with Gasteiger partial charge in [0.25, 0.3) is 0 Å². The highest BCUT2D eigenvalue weighted by Crippen LogP contribution is 2.12. The Balaban J connectivity index is 2.66. The van der Waals surface area contributed by atoms with E-state index in [0.29, 0.717) is 6.54 Å². The Morgan fingerprint density at radius 3 is 2.80 bits per heavy atom. The van der Waals surface area contributed by atoms with Gasteiger partial charge in [-0.25, -0.2) is 4.98 Å². The normalized spacial score (nSPS) is 11.9. The van der Waals surface area contributed by atoms with Gasteiger partial charge in [0.2, 0.25) is 0 Å². The summed E-state index contributed by atoms with van der Waals surface area (Å²) < 4.78 is 0. The molecule has 1 unspecified atom stereocenters. The molecular weight excluding hydrogens is 254 g/mol. The van der Waals surface area contributed by atoms with Gasteiger partial charge in [0.05, 0.1) is 12.0 Å². The van der Waals surface area contributed by atoms with Gasteiger partial charge in [-0.1, -0.05) is 22.0 Å². The van der Waals surface area contributed by atoms with Gasteiger partial charge in [-0.05, 0) is 18.6 Å². The first-order valence-corrected chi connectivity index (χ1v) is 5.91. The third kappa shape index (κ3) is 3.52. The highest BCUT2D eigenvalue weighted by atomic mass is 79.9. The van der Waals surface area contributed by atoms with Crippen LogP contribution in [0.4, 0.5) is 5.82 Å². The number of hydrogen-bond acceptors (Lipinski definition) is 3. The largest absolute Gasteiger partial charge is 0.358 e. The summed E-state index contributed by atoms with van der Waals surface area (Å²) in [7, 11) is 1.95.